The van der Waals surface area contributed by atoms with Gasteiger partial charge in [0.1, 0.15) is 18.1 Å². The van der Waals surface area contributed by atoms with Crippen LogP contribution >= 0.6 is 23.4 Å². The van der Waals surface area contributed by atoms with Crippen LogP contribution in [0.2, 0.25) is 5.02 Å². The SMILES string of the molecule is O=C(CN1C(=O)S/C(=C/c2ccc(-c3ccc(Cl)cc3[N+](=O)[O-])o2)C1=O)Nc1ccccc1N1CCOCC1. The Bertz CT molecular complexity index is 1500. The Kier molecular flexibility index (Phi) is 7.68. The molecule has 0 unspecified atom stereocenters. The molecule has 200 valence electrons. The number of rotatable bonds is 7. The molecule has 39 heavy (non-hydrogen) atoms. The van der Waals surface area contributed by atoms with Crippen LogP contribution < -0.4 is 10.2 Å². The van der Waals surface area contributed by atoms with Crippen molar-refractivity contribution in [3.8, 4) is 11.3 Å². The van der Waals surface area contributed by atoms with E-state index in [9.17, 15) is 24.5 Å². The van der Waals surface area contributed by atoms with Gasteiger partial charge in [-0.3, -0.25) is 29.4 Å². The first-order valence-corrected chi connectivity index (χ1v) is 13.0. The van der Waals surface area contributed by atoms with Crippen molar-refractivity contribution in [2.24, 2.45) is 0 Å². The van der Waals surface area contributed by atoms with Crippen molar-refractivity contribution in [2.75, 3.05) is 43.1 Å². The number of carbonyl (C=O) groups excluding carboxylic acids is 3. The van der Waals surface area contributed by atoms with E-state index in [1.54, 1.807) is 12.1 Å². The molecule has 0 radical (unpaired) electrons. The average Bonchev–Trinajstić information content (AvgIpc) is 3.49. The molecule has 3 aromatic rings. The lowest BCUT2D eigenvalue weighted by atomic mass is 10.1. The molecular formula is C26H21ClN4O7S. The summed E-state index contributed by atoms with van der Waals surface area (Å²) in [6.07, 6.45) is 1.36. The highest BCUT2D eigenvalue weighted by atomic mass is 35.5. The molecule has 1 aromatic heterocycles. The number of thioether (sulfide) groups is 1. The first kappa shape index (κ1) is 26.5. The Morgan fingerprint density at radius 1 is 1.13 bits per heavy atom. The molecule has 2 aliphatic heterocycles. The number of nitro groups is 1. The van der Waals surface area contributed by atoms with E-state index in [4.69, 9.17) is 20.8 Å². The van der Waals surface area contributed by atoms with Crippen LogP contribution in [0.25, 0.3) is 17.4 Å². The quantitative estimate of drug-likeness (QED) is 0.237. The predicted octanol–water partition coefficient (Wildman–Crippen LogP) is 5.02. The lowest BCUT2D eigenvalue weighted by Crippen LogP contribution is -2.38. The minimum Gasteiger partial charge on any atom is -0.456 e. The number of ether oxygens (including phenoxy) is 1. The summed E-state index contributed by atoms with van der Waals surface area (Å²) in [4.78, 5) is 52.2. The summed E-state index contributed by atoms with van der Waals surface area (Å²) < 4.78 is 11.1. The Balaban J connectivity index is 1.28. The minimum atomic E-state index is -0.642. The van der Waals surface area contributed by atoms with Crippen LogP contribution in [0.5, 0.6) is 0 Å². The van der Waals surface area contributed by atoms with E-state index in [0.717, 1.165) is 10.6 Å². The fourth-order valence-electron chi connectivity index (χ4n) is 4.20. The molecule has 0 spiro atoms. The summed E-state index contributed by atoms with van der Waals surface area (Å²) in [6, 6.07) is 14.5. The number of halogens is 1. The van der Waals surface area contributed by atoms with Crippen molar-refractivity contribution < 1.29 is 28.5 Å². The van der Waals surface area contributed by atoms with Crippen LogP contribution in [0.4, 0.5) is 21.9 Å². The van der Waals surface area contributed by atoms with Gasteiger partial charge in [0.2, 0.25) is 5.91 Å². The van der Waals surface area contributed by atoms with Crippen LogP contribution in [0.1, 0.15) is 5.76 Å². The number of anilines is 2. The Labute approximate surface area is 231 Å². The normalized spacial score (nSPS) is 16.7. The van der Waals surface area contributed by atoms with Crippen molar-refractivity contribution >= 4 is 63.6 Å². The van der Waals surface area contributed by atoms with E-state index in [2.05, 4.69) is 10.2 Å². The number of carbonyl (C=O) groups is 3. The van der Waals surface area contributed by atoms with Crippen molar-refractivity contribution in [2.45, 2.75) is 0 Å². The zero-order valence-corrected chi connectivity index (χ0v) is 21.9. The van der Waals surface area contributed by atoms with E-state index in [0.29, 0.717) is 43.8 Å². The summed E-state index contributed by atoms with van der Waals surface area (Å²) in [6.45, 7) is 2.07. The molecular weight excluding hydrogens is 548 g/mol. The largest absolute Gasteiger partial charge is 0.456 e. The molecule has 0 saturated carbocycles. The van der Waals surface area contributed by atoms with Gasteiger partial charge in [0.05, 0.1) is 40.0 Å². The van der Waals surface area contributed by atoms with Gasteiger partial charge in [-0.15, -0.1) is 0 Å². The van der Waals surface area contributed by atoms with Crippen LogP contribution in [0.15, 0.2) is 63.9 Å². The maximum Gasteiger partial charge on any atom is 0.294 e. The standard InChI is InChI=1S/C26H21ClN4O7S/c27-16-5-7-18(21(13-16)31(35)36)22-8-6-17(38-22)14-23-25(33)30(26(34)39-23)15-24(32)28-19-3-1-2-4-20(19)29-9-11-37-12-10-29/h1-8,13-14H,9-12,15H2,(H,28,32)/b23-14+. The molecule has 13 heteroatoms. The van der Waals surface area contributed by atoms with Crippen molar-refractivity contribution in [1.82, 2.24) is 4.90 Å². The number of nitrogens with zero attached hydrogens (tertiary/aromatic N) is 3. The second-order valence-corrected chi connectivity index (χ2v) is 9.98. The van der Waals surface area contributed by atoms with Crippen LogP contribution in [-0.4, -0.2) is 59.7 Å². The van der Waals surface area contributed by atoms with Gasteiger partial charge >= 0.3 is 0 Å². The summed E-state index contributed by atoms with van der Waals surface area (Å²) in [5.74, 6) is -0.752. The van der Waals surface area contributed by atoms with Crippen molar-refractivity contribution in [3.05, 3.63) is 80.4 Å². The Morgan fingerprint density at radius 3 is 2.67 bits per heavy atom. The maximum absolute atomic E-state index is 12.9. The van der Waals surface area contributed by atoms with E-state index in [-0.39, 0.29) is 32.7 Å². The second-order valence-electron chi connectivity index (χ2n) is 8.55. The molecule has 2 aliphatic rings. The van der Waals surface area contributed by atoms with Gasteiger partial charge < -0.3 is 19.4 Å². The smallest absolute Gasteiger partial charge is 0.294 e. The number of furan rings is 1. The van der Waals surface area contributed by atoms with Crippen molar-refractivity contribution in [1.29, 1.82) is 0 Å². The van der Waals surface area contributed by atoms with E-state index >= 15 is 0 Å². The van der Waals surface area contributed by atoms with Crippen molar-refractivity contribution in [3.63, 3.8) is 0 Å². The molecule has 5 rings (SSSR count). The Hall–Kier alpha value is -4.13. The second kappa shape index (κ2) is 11.3. The highest BCUT2D eigenvalue weighted by Crippen LogP contribution is 2.36. The third-order valence-electron chi connectivity index (χ3n) is 6.03. The number of hydrogen-bond acceptors (Lipinski definition) is 9. The van der Waals surface area contributed by atoms with Gasteiger partial charge in [-0.05, 0) is 48.2 Å². The fraction of sp³-hybridized carbons (Fsp3) is 0.192. The summed E-state index contributed by atoms with van der Waals surface area (Å²) in [7, 11) is 0. The number of nitro benzene ring substituents is 1. The molecule has 0 aliphatic carbocycles. The van der Waals surface area contributed by atoms with E-state index in [1.807, 2.05) is 12.1 Å². The lowest BCUT2D eigenvalue weighted by molar-refractivity contribution is -0.384. The summed E-state index contributed by atoms with van der Waals surface area (Å²) >= 11 is 6.55. The maximum atomic E-state index is 12.9. The third kappa shape index (κ3) is 5.82. The molecule has 0 bridgehead atoms. The predicted molar refractivity (Wildman–Crippen MR) is 147 cm³/mol. The number of benzene rings is 2. The topological polar surface area (TPSA) is 135 Å². The third-order valence-corrected chi connectivity index (χ3v) is 7.17. The van der Waals surface area contributed by atoms with Crippen LogP contribution in [-0.2, 0) is 14.3 Å². The van der Waals surface area contributed by atoms with E-state index < -0.39 is 28.5 Å². The lowest BCUT2D eigenvalue weighted by Gasteiger charge is -2.30. The number of morpholine rings is 1. The van der Waals surface area contributed by atoms with Gasteiger partial charge in [0.25, 0.3) is 16.8 Å². The first-order valence-electron chi connectivity index (χ1n) is 11.8. The first-order chi connectivity index (χ1) is 18.8. The van der Waals surface area contributed by atoms with Gasteiger partial charge in [-0.1, -0.05) is 23.7 Å². The van der Waals surface area contributed by atoms with Gasteiger partial charge in [0.15, 0.2) is 0 Å². The highest BCUT2D eigenvalue weighted by molar-refractivity contribution is 8.18. The Morgan fingerprint density at radius 2 is 1.90 bits per heavy atom. The van der Waals surface area contributed by atoms with Gasteiger partial charge in [-0.25, -0.2) is 0 Å². The minimum absolute atomic E-state index is 0.0630. The molecule has 2 saturated heterocycles. The van der Waals surface area contributed by atoms with Crippen LogP contribution in [0, 0.1) is 10.1 Å². The average molecular weight is 569 g/mol. The molecule has 11 nitrogen and oxygen atoms in total. The zero-order chi connectivity index (χ0) is 27.5. The van der Waals surface area contributed by atoms with Crippen LogP contribution in [0.3, 0.4) is 0 Å². The summed E-state index contributed by atoms with van der Waals surface area (Å²) in [5, 5.41) is 13.8. The monoisotopic (exact) mass is 568 g/mol. The molecule has 3 amide bonds. The highest BCUT2D eigenvalue weighted by Gasteiger charge is 2.36. The number of para-hydroxylation sites is 2. The number of nitrogens with one attached hydrogen (secondary N) is 1. The molecule has 0 atom stereocenters. The zero-order valence-electron chi connectivity index (χ0n) is 20.3. The molecule has 1 N–H and O–H groups in total. The summed E-state index contributed by atoms with van der Waals surface area (Å²) in [5.41, 5.74) is 1.39. The van der Waals surface area contributed by atoms with Gasteiger partial charge in [0, 0.05) is 30.3 Å². The number of hydrogen-bond donors (Lipinski definition) is 1. The van der Waals surface area contributed by atoms with Gasteiger partial charge in [-0.2, -0.15) is 0 Å². The molecule has 2 aromatic carbocycles. The molecule has 3 heterocycles. The fourth-order valence-corrected chi connectivity index (χ4v) is 5.18. The molecule has 2 fully saturated rings. The number of imide groups is 1. The number of amides is 3. The van der Waals surface area contributed by atoms with E-state index in [1.165, 1.54) is 36.4 Å².